The van der Waals surface area contributed by atoms with Crippen LogP contribution in [0.15, 0.2) is 53.5 Å². The number of carbonyl (C=O) groups excluding carboxylic acids is 1. The Balaban J connectivity index is 1.63. The third-order valence-corrected chi connectivity index (χ3v) is 4.29. The number of amides is 1. The molecule has 1 heterocycles. The van der Waals surface area contributed by atoms with Crippen LogP contribution in [0.5, 0.6) is 0 Å². The van der Waals surface area contributed by atoms with Gasteiger partial charge in [0.15, 0.2) is 0 Å². The molecule has 0 atom stereocenters. The number of aryl methyl sites for hydroxylation is 3. The van der Waals surface area contributed by atoms with E-state index < -0.39 is 0 Å². The second kappa shape index (κ2) is 7.30. The lowest BCUT2D eigenvalue weighted by Crippen LogP contribution is -2.25. The molecule has 0 bridgehead atoms. The summed E-state index contributed by atoms with van der Waals surface area (Å²) in [6, 6.07) is 13.5. The van der Waals surface area contributed by atoms with Crippen LogP contribution < -0.4 is 10.7 Å². The van der Waals surface area contributed by atoms with E-state index >= 15 is 0 Å². The minimum Gasteiger partial charge on any atom is -0.352 e. The molecular weight excluding hydrogens is 314 g/mol. The number of benzene rings is 2. The summed E-state index contributed by atoms with van der Waals surface area (Å²) in [6.07, 6.45) is 1.61. The van der Waals surface area contributed by atoms with Gasteiger partial charge in [-0.1, -0.05) is 35.9 Å². The van der Waals surface area contributed by atoms with E-state index in [2.05, 4.69) is 23.4 Å². The van der Waals surface area contributed by atoms with Crippen molar-refractivity contribution in [1.82, 2.24) is 15.1 Å². The molecule has 0 spiro atoms. The molecule has 0 radical (unpaired) electrons. The van der Waals surface area contributed by atoms with Crippen molar-refractivity contribution in [2.75, 3.05) is 0 Å². The zero-order valence-electron chi connectivity index (χ0n) is 14.5. The van der Waals surface area contributed by atoms with Crippen LogP contribution in [-0.2, 0) is 17.9 Å². The van der Waals surface area contributed by atoms with Crippen LogP contribution in [0.1, 0.15) is 23.1 Å². The van der Waals surface area contributed by atoms with E-state index in [1.54, 1.807) is 10.7 Å². The molecule has 0 aliphatic rings. The summed E-state index contributed by atoms with van der Waals surface area (Å²) < 4.78 is 1.70. The lowest BCUT2D eigenvalue weighted by Gasteiger charge is -2.11. The Hall–Kier alpha value is -2.95. The number of hydrogen-bond donors (Lipinski definition) is 1. The molecule has 5 nitrogen and oxygen atoms in total. The highest BCUT2D eigenvalue weighted by molar-refractivity contribution is 5.79. The van der Waals surface area contributed by atoms with E-state index in [0.717, 1.165) is 11.1 Å². The van der Waals surface area contributed by atoms with Crippen LogP contribution in [0, 0.1) is 13.8 Å². The quantitative estimate of drug-likeness (QED) is 0.780. The lowest BCUT2D eigenvalue weighted by atomic mass is 10.1. The minimum atomic E-state index is -0.105. The van der Waals surface area contributed by atoms with Crippen molar-refractivity contribution in [3.8, 4) is 0 Å². The Morgan fingerprint density at radius 1 is 1.16 bits per heavy atom. The number of fused-ring (bicyclic) bond motifs is 1. The first-order valence-corrected chi connectivity index (χ1v) is 8.32. The third-order valence-electron chi connectivity index (χ3n) is 4.29. The van der Waals surface area contributed by atoms with Crippen LogP contribution in [-0.4, -0.2) is 15.7 Å². The number of aromatic nitrogens is 2. The monoisotopic (exact) mass is 335 g/mol. The van der Waals surface area contributed by atoms with Crippen LogP contribution in [0.25, 0.3) is 10.9 Å². The fourth-order valence-electron chi connectivity index (χ4n) is 2.87. The highest BCUT2D eigenvalue weighted by Crippen LogP contribution is 2.11. The Bertz CT molecular complexity index is 976. The standard InChI is InChI=1S/C20H21N3O2/c1-14-7-8-16(15(2)11-14)12-21-20(25)9-10-23-18-6-4-3-5-17(18)19(24)13-22-23/h3-8,11,13H,9-10,12H2,1-2H3,(H,21,25). The van der Waals surface area contributed by atoms with E-state index in [-0.39, 0.29) is 11.3 Å². The van der Waals surface area contributed by atoms with Gasteiger partial charge in [-0.25, -0.2) is 0 Å². The number of rotatable bonds is 5. The smallest absolute Gasteiger partial charge is 0.222 e. The summed E-state index contributed by atoms with van der Waals surface area (Å²) in [5.74, 6) is -0.0374. The van der Waals surface area contributed by atoms with E-state index in [4.69, 9.17) is 0 Å². The average molecular weight is 335 g/mol. The zero-order chi connectivity index (χ0) is 17.8. The molecule has 0 unspecified atom stereocenters. The van der Waals surface area contributed by atoms with Crippen molar-refractivity contribution >= 4 is 16.8 Å². The van der Waals surface area contributed by atoms with E-state index in [0.29, 0.717) is 24.9 Å². The van der Waals surface area contributed by atoms with E-state index in [1.165, 1.54) is 17.3 Å². The highest BCUT2D eigenvalue weighted by atomic mass is 16.1. The zero-order valence-corrected chi connectivity index (χ0v) is 14.5. The Kier molecular flexibility index (Phi) is 4.93. The molecule has 2 aromatic carbocycles. The number of nitrogens with zero attached hydrogens (tertiary/aromatic N) is 2. The fourth-order valence-corrected chi connectivity index (χ4v) is 2.87. The predicted octanol–water partition coefficient (Wildman–Crippen LogP) is 2.72. The van der Waals surface area contributed by atoms with E-state index in [1.807, 2.05) is 37.3 Å². The fraction of sp³-hybridized carbons (Fsp3) is 0.250. The molecule has 0 aliphatic carbocycles. The molecule has 0 fully saturated rings. The summed E-state index contributed by atoms with van der Waals surface area (Å²) >= 11 is 0. The summed E-state index contributed by atoms with van der Waals surface area (Å²) in [6.45, 7) is 5.05. The maximum Gasteiger partial charge on any atom is 0.222 e. The summed E-state index contributed by atoms with van der Waals surface area (Å²) in [7, 11) is 0. The topological polar surface area (TPSA) is 64.0 Å². The van der Waals surface area contributed by atoms with Gasteiger partial charge >= 0.3 is 0 Å². The van der Waals surface area contributed by atoms with Crippen molar-refractivity contribution < 1.29 is 4.79 Å². The lowest BCUT2D eigenvalue weighted by molar-refractivity contribution is -0.121. The number of nitrogens with one attached hydrogen (secondary N) is 1. The molecule has 0 aliphatic heterocycles. The van der Waals surface area contributed by atoms with Gasteiger partial charge in [0.2, 0.25) is 11.3 Å². The van der Waals surface area contributed by atoms with Gasteiger partial charge < -0.3 is 5.32 Å². The molecule has 128 valence electrons. The predicted molar refractivity (Wildman–Crippen MR) is 98.4 cm³/mol. The molecule has 3 rings (SSSR count). The SMILES string of the molecule is Cc1ccc(CNC(=O)CCn2ncc(=O)c3ccccc32)c(C)c1. The minimum absolute atomic E-state index is 0.0374. The molecule has 1 amide bonds. The first kappa shape index (κ1) is 16.9. The van der Waals surface area contributed by atoms with Gasteiger partial charge in [0.25, 0.3) is 0 Å². The second-order valence-electron chi connectivity index (χ2n) is 6.21. The van der Waals surface area contributed by atoms with Gasteiger partial charge in [0, 0.05) is 18.4 Å². The van der Waals surface area contributed by atoms with Crippen LogP contribution in [0.2, 0.25) is 0 Å². The summed E-state index contributed by atoms with van der Waals surface area (Å²) in [5, 5.41) is 7.71. The van der Waals surface area contributed by atoms with Gasteiger partial charge in [-0.05, 0) is 37.1 Å². The van der Waals surface area contributed by atoms with Crippen molar-refractivity contribution in [3.05, 3.63) is 75.6 Å². The van der Waals surface area contributed by atoms with Crippen LogP contribution in [0.3, 0.4) is 0 Å². The van der Waals surface area contributed by atoms with E-state index in [9.17, 15) is 9.59 Å². The van der Waals surface area contributed by atoms with Gasteiger partial charge in [0.1, 0.15) is 0 Å². The highest BCUT2D eigenvalue weighted by Gasteiger charge is 2.07. The first-order valence-electron chi connectivity index (χ1n) is 8.32. The van der Waals surface area contributed by atoms with Crippen molar-refractivity contribution in [2.45, 2.75) is 33.4 Å². The van der Waals surface area contributed by atoms with Gasteiger partial charge in [-0.2, -0.15) is 5.10 Å². The molecule has 1 N–H and O–H groups in total. The Morgan fingerprint density at radius 3 is 2.76 bits per heavy atom. The molecular formula is C20H21N3O2. The molecule has 5 heteroatoms. The van der Waals surface area contributed by atoms with Crippen LogP contribution >= 0.6 is 0 Å². The molecule has 0 saturated carbocycles. The number of para-hydroxylation sites is 1. The van der Waals surface area contributed by atoms with Crippen molar-refractivity contribution in [2.24, 2.45) is 0 Å². The van der Waals surface area contributed by atoms with Crippen molar-refractivity contribution in [3.63, 3.8) is 0 Å². The number of hydrogen-bond acceptors (Lipinski definition) is 3. The summed E-state index contributed by atoms with van der Waals surface area (Å²) in [4.78, 5) is 24.0. The summed E-state index contributed by atoms with van der Waals surface area (Å²) in [5.41, 5.74) is 4.14. The molecule has 0 saturated heterocycles. The Morgan fingerprint density at radius 2 is 1.96 bits per heavy atom. The maximum absolute atomic E-state index is 12.2. The van der Waals surface area contributed by atoms with Crippen LogP contribution in [0.4, 0.5) is 0 Å². The largest absolute Gasteiger partial charge is 0.352 e. The second-order valence-corrected chi connectivity index (χ2v) is 6.21. The normalized spacial score (nSPS) is 10.8. The molecule has 3 aromatic rings. The molecule has 1 aromatic heterocycles. The first-order chi connectivity index (χ1) is 12.0. The van der Waals surface area contributed by atoms with Crippen molar-refractivity contribution in [1.29, 1.82) is 0 Å². The van der Waals surface area contributed by atoms with Gasteiger partial charge in [-0.3, -0.25) is 14.3 Å². The molecule has 25 heavy (non-hydrogen) atoms. The number of carbonyl (C=O) groups is 1. The maximum atomic E-state index is 12.2. The van der Waals surface area contributed by atoms with Gasteiger partial charge in [0.05, 0.1) is 18.3 Å². The Labute approximate surface area is 146 Å². The third kappa shape index (κ3) is 3.94. The average Bonchev–Trinajstić information content (AvgIpc) is 2.61. The van der Waals surface area contributed by atoms with Gasteiger partial charge in [-0.15, -0.1) is 0 Å².